The molecule has 198 valence electrons. The van der Waals surface area contributed by atoms with Crippen molar-refractivity contribution in [3.05, 3.63) is 10.4 Å². The summed E-state index contributed by atoms with van der Waals surface area (Å²) in [5.41, 5.74) is 8.19. The van der Waals surface area contributed by atoms with Crippen LogP contribution >= 0.6 is 0 Å². The van der Waals surface area contributed by atoms with Crippen LogP contribution in [0.1, 0.15) is 27.7 Å². The van der Waals surface area contributed by atoms with Crippen LogP contribution in [-0.2, 0) is 52.3 Å². The summed E-state index contributed by atoms with van der Waals surface area (Å²) in [6.07, 6.45) is -4.58. The Bertz CT molecular complexity index is 759. The largest absolute Gasteiger partial charge is 0.463 e. The molecule has 1 heterocycles. The highest BCUT2D eigenvalue weighted by molar-refractivity contribution is 5.73. The van der Waals surface area contributed by atoms with Crippen LogP contribution in [0, 0.1) is 0 Å². The van der Waals surface area contributed by atoms with Gasteiger partial charge in [0.05, 0.1) is 33.0 Å². The lowest BCUT2D eigenvalue weighted by atomic mass is 9.96. The maximum atomic E-state index is 11.9. The molecule has 1 aliphatic rings. The van der Waals surface area contributed by atoms with Crippen LogP contribution in [0.2, 0.25) is 0 Å². The van der Waals surface area contributed by atoms with Gasteiger partial charge in [0, 0.05) is 39.2 Å². The molecule has 5 atom stereocenters. The summed E-state index contributed by atoms with van der Waals surface area (Å²) in [7, 11) is 0. The maximum Gasteiger partial charge on any atom is 0.303 e. The van der Waals surface area contributed by atoms with E-state index < -0.39 is 54.5 Å². The van der Waals surface area contributed by atoms with Crippen LogP contribution < -0.4 is 5.32 Å². The van der Waals surface area contributed by atoms with Gasteiger partial charge in [-0.25, -0.2) is 0 Å². The van der Waals surface area contributed by atoms with Crippen molar-refractivity contribution in [1.29, 1.82) is 0 Å². The molecule has 0 spiro atoms. The van der Waals surface area contributed by atoms with Crippen LogP contribution in [0.25, 0.3) is 10.4 Å². The number of ether oxygens (including phenoxy) is 7. The summed E-state index contributed by atoms with van der Waals surface area (Å²) in [6.45, 7) is 5.60. The Morgan fingerprint density at radius 3 is 2.06 bits per heavy atom. The summed E-state index contributed by atoms with van der Waals surface area (Å²) in [5, 5.41) is 5.94. The third-order valence-corrected chi connectivity index (χ3v) is 4.35. The summed E-state index contributed by atoms with van der Waals surface area (Å²) < 4.78 is 37.9. The first-order valence-corrected chi connectivity index (χ1v) is 10.8. The molecule has 15 heteroatoms. The molecular formula is C20H32N4O11. The number of azide groups is 1. The van der Waals surface area contributed by atoms with E-state index in [4.69, 9.17) is 38.7 Å². The van der Waals surface area contributed by atoms with E-state index in [1.54, 1.807) is 0 Å². The molecule has 1 amide bonds. The van der Waals surface area contributed by atoms with Gasteiger partial charge in [-0.05, 0) is 5.53 Å². The fourth-order valence-electron chi connectivity index (χ4n) is 3.13. The number of hydrogen-bond donors (Lipinski definition) is 1. The lowest BCUT2D eigenvalue weighted by Gasteiger charge is -2.44. The molecule has 0 aromatic rings. The van der Waals surface area contributed by atoms with Gasteiger partial charge in [0.1, 0.15) is 18.8 Å². The van der Waals surface area contributed by atoms with E-state index in [1.165, 1.54) is 13.8 Å². The van der Waals surface area contributed by atoms with E-state index in [9.17, 15) is 19.2 Å². The third-order valence-electron chi connectivity index (χ3n) is 4.35. The Morgan fingerprint density at radius 2 is 1.49 bits per heavy atom. The SMILES string of the molecule is CC(=O)NC1[C@H](OCCOCCOCCN=[N+]=[N-])OC(COC(C)=O)[C@H](OC(C)=O)[C@@H]1OC(C)=O. The van der Waals surface area contributed by atoms with Gasteiger partial charge >= 0.3 is 17.9 Å². The number of carbonyl (C=O) groups excluding carboxylic acids is 4. The van der Waals surface area contributed by atoms with E-state index in [-0.39, 0.29) is 46.2 Å². The summed E-state index contributed by atoms with van der Waals surface area (Å²) >= 11 is 0. The Kier molecular flexibility index (Phi) is 14.3. The molecule has 0 radical (unpaired) electrons. The van der Waals surface area contributed by atoms with Crippen molar-refractivity contribution in [2.24, 2.45) is 5.11 Å². The van der Waals surface area contributed by atoms with E-state index in [0.717, 1.165) is 13.8 Å². The van der Waals surface area contributed by atoms with E-state index in [1.807, 2.05) is 0 Å². The zero-order valence-electron chi connectivity index (χ0n) is 20.2. The number of rotatable bonds is 15. The first-order valence-electron chi connectivity index (χ1n) is 10.8. The summed E-state index contributed by atoms with van der Waals surface area (Å²) in [4.78, 5) is 49.3. The Labute approximate surface area is 202 Å². The second kappa shape index (κ2) is 16.6. The predicted octanol–water partition coefficient (Wildman–Crippen LogP) is 0.00260. The monoisotopic (exact) mass is 504 g/mol. The lowest BCUT2D eigenvalue weighted by molar-refractivity contribution is -0.279. The standard InChI is InChI=1S/C20H32N4O11/c1-12(25)23-17-19(34-15(4)28)18(33-14(3)27)16(11-32-13(2)26)35-20(17)31-10-9-30-8-7-29-6-5-22-24-21/h16-20H,5-11H2,1-4H3,(H,23,25)/t16?,17?,18-,19+,20+/m0/s1. The number of carbonyl (C=O) groups is 4. The number of nitrogens with zero attached hydrogens (tertiary/aromatic N) is 3. The molecule has 15 nitrogen and oxygen atoms in total. The van der Waals surface area contributed by atoms with Crippen LogP contribution in [0.5, 0.6) is 0 Å². The number of esters is 3. The maximum absolute atomic E-state index is 11.9. The molecule has 1 saturated heterocycles. The molecule has 2 unspecified atom stereocenters. The minimum Gasteiger partial charge on any atom is -0.463 e. The van der Waals surface area contributed by atoms with Crippen LogP contribution in [0.3, 0.4) is 0 Å². The van der Waals surface area contributed by atoms with Crippen LogP contribution in [0.15, 0.2) is 5.11 Å². The quantitative estimate of drug-likeness (QED) is 0.0787. The zero-order chi connectivity index (χ0) is 26.2. The van der Waals surface area contributed by atoms with E-state index >= 15 is 0 Å². The summed E-state index contributed by atoms with van der Waals surface area (Å²) in [5.74, 6) is -2.47. The fourth-order valence-corrected chi connectivity index (χ4v) is 3.13. The first-order chi connectivity index (χ1) is 16.6. The first kappa shape index (κ1) is 30.1. The minimum atomic E-state index is -1.19. The second-order valence-corrected chi connectivity index (χ2v) is 7.27. The Hall–Kier alpha value is -2.97. The molecule has 1 rings (SSSR count). The van der Waals surface area contributed by atoms with Gasteiger partial charge in [-0.15, -0.1) is 0 Å². The molecule has 1 fully saturated rings. The minimum absolute atomic E-state index is 0.0186. The smallest absolute Gasteiger partial charge is 0.303 e. The van der Waals surface area contributed by atoms with E-state index in [2.05, 4.69) is 15.3 Å². The number of amides is 1. The normalized spacial score (nSPS) is 23.5. The van der Waals surface area contributed by atoms with Crippen molar-refractivity contribution in [3.63, 3.8) is 0 Å². The van der Waals surface area contributed by atoms with Gasteiger partial charge in [0.15, 0.2) is 18.5 Å². The molecule has 1 N–H and O–H groups in total. The van der Waals surface area contributed by atoms with Gasteiger partial charge in [0.2, 0.25) is 5.91 Å². The zero-order valence-corrected chi connectivity index (χ0v) is 20.2. The highest BCUT2D eigenvalue weighted by Gasteiger charge is 2.51. The summed E-state index contributed by atoms with van der Waals surface area (Å²) in [6, 6.07) is -1.04. The van der Waals surface area contributed by atoms with Gasteiger partial charge in [0.25, 0.3) is 0 Å². The molecule has 0 aromatic heterocycles. The Balaban J connectivity index is 2.85. The van der Waals surface area contributed by atoms with Gasteiger partial charge < -0.3 is 38.5 Å². The highest BCUT2D eigenvalue weighted by Crippen LogP contribution is 2.28. The van der Waals surface area contributed by atoms with Crippen molar-refractivity contribution in [1.82, 2.24) is 5.32 Å². The van der Waals surface area contributed by atoms with Crippen LogP contribution in [0.4, 0.5) is 0 Å². The van der Waals surface area contributed by atoms with Crippen molar-refractivity contribution >= 4 is 23.8 Å². The molecule has 0 aromatic carbocycles. The average Bonchev–Trinajstić information content (AvgIpc) is 2.76. The topological polar surface area (TPSA) is 194 Å². The van der Waals surface area contributed by atoms with Crippen molar-refractivity contribution < 1.29 is 52.3 Å². The van der Waals surface area contributed by atoms with Gasteiger partial charge in [-0.1, -0.05) is 5.11 Å². The predicted molar refractivity (Wildman–Crippen MR) is 116 cm³/mol. The Morgan fingerprint density at radius 1 is 0.886 bits per heavy atom. The molecule has 1 aliphatic heterocycles. The van der Waals surface area contributed by atoms with Crippen molar-refractivity contribution in [2.75, 3.05) is 46.2 Å². The number of hydrogen-bond acceptors (Lipinski definition) is 12. The average molecular weight is 504 g/mol. The van der Waals surface area contributed by atoms with Gasteiger partial charge in [-0.3, -0.25) is 19.2 Å². The van der Waals surface area contributed by atoms with Crippen molar-refractivity contribution in [3.8, 4) is 0 Å². The fraction of sp³-hybridized carbons (Fsp3) is 0.800. The second-order valence-electron chi connectivity index (χ2n) is 7.27. The van der Waals surface area contributed by atoms with Crippen molar-refractivity contribution in [2.45, 2.75) is 58.3 Å². The lowest BCUT2D eigenvalue weighted by Crippen LogP contribution is -2.66. The molecule has 0 bridgehead atoms. The molecular weight excluding hydrogens is 472 g/mol. The molecule has 35 heavy (non-hydrogen) atoms. The van der Waals surface area contributed by atoms with Crippen LogP contribution in [-0.4, -0.2) is 101 Å². The highest BCUT2D eigenvalue weighted by atomic mass is 16.7. The van der Waals surface area contributed by atoms with Gasteiger partial charge in [-0.2, -0.15) is 0 Å². The van der Waals surface area contributed by atoms with E-state index in [0.29, 0.717) is 0 Å². The molecule has 0 saturated carbocycles. The molecule has 0 aliphatic carbocycles. The number of nitrogens with one attached hydrogen (secondary N) is 1. The third kappa shape index (κ3) is 12.3.